The molecule has 0 spiro atoms. The maximum absolute atomic E-state index is 11.7. The number of carboxylic acids is 1. The van der Waals surface area contributed by atoms with Crippen molar-refractivity contribution in [3.63, 3.8) is 0 Å². The van der Waals surface area contributed by atoms with Crippen molar-refractivity contribution in [3.05, 3.63) is 41.6 Å². The summed E-state index contributed by atoms with van der Waals surface area (Å²) in [4.78, 5) is 22.1. The Kier molecular flexibility index (Phi) is 11.8. The molecule has 0 aliphatic heterocycles. The van der Waals surface area contributed by atoms with E-state index in [0.29, 0.717) is 13.0 Å². The topological polar surface area (TPSA) is 87.7 Å². The Hall–Kier alpha value is -1.56. The van der Waals surface area contributed by atoms with Crippen molar-refractivity contribution in [2.45, 2.75) is 39.2 Å². The molecular weight excluding hydrogens is 371 g/mol. The molecule has 1 aromatic rings. The van der Waals surface area contributed by atoms with Gasteiger partial charge < -0.3 is 20.0 Å². The molecule has 0 saturated carbocycles. The lowest BCUT2D eigenvalue weighted by Gasteiger charge is -2.15. The van der Waals surface area contributed by atoms with Crippen LogP contribution in [-0.2, 0) is 14.1 Å². The van der Waals surface area contributed by atoms with Crippen molar-refractivity contribution < 1.29 is 19.2 Å². The van der Waals surface area contributed by atoms with E-state index in [1.54, 1.807) is 11.8 Å². The van der Waals surface area contributed by atoms with E-state index >= 15 is 0 Å². The average Bonchev–Trinajstić information content (AvgIpc) is 2.59. The van der Waals surface area contributed by atoms with Gasteiger partial charge in [-0.15, -0.1) is 11.8 Å². The van der Waals surface area contributed by atoms with Crippen molar-refractivity contribution in [3.8, 4) is 0 Å². The molecule has 0 saturated heterocycles. The average molecular weight is 398 g/mol. The highest BCUT2D eigenvalue weighted by Gasteiger charge is 2.08. The molecule has 0 heterocycles. The number of aliphatic carboxylic acids is 1. The van der Waals surface area contributed by atoms with Crippen LogP contribution in [-0.4, -0.2) is 35.4 Å². The molecule has 26 heavy (non-hydrogen) atoms. The van der Waals surface area contributed by atoms with Crippen LogP contribution in [0.2, 0.25) is 0 Å². The third kappa shape index (κ3) is 11.1. The molecule has 0 radical (unpaired) electrons. The lowest BCUT2D eigenvalue weighted by Crippen LogP contribution is -2.34. The third-order valence-corrected chi connectivity index (χ3v) is 5.78. The normalized spacial score (nSPS) is 13.3. The number of rotatable bonds is 13. The number of para-hydroxylation sites is 1. The quantitative estimate of drug-likeness (QED) is 0.427. The van der Waals surface area contributed by atoms with E-state index in [9.17, 15) is 9.59 Å². The zero-order valence-corrected chi connectivity index (χ0v) is 16.9. The summed E-state index contributed by atoms with van der Waals surface area (Å²) < 4.78 is 5.72. The summed E-state index contributed by atoms with van der Waals surface area (Å²) >= 11 is 1.60. The fraction of sp³-hybridized carbons (Fsp3) is 0.444. The Morgan fingerprint density at radius 2 is 2.04 bits per heavy atom. The molecular formula is C18H27N2O4PS. The van der Waals surface area contributed by atoms with E-state index in [0.717, 1.165) is 11.4 Å². The van der Waals surface area contributed by atoms with Gasteiger partial charge in [0.15, 0.2) is 8.30 Å². The maximum Gasteiger partial charge on any atom is 0.303 e. The molecule has 2 unspecified atom stereocenters. The Balaban J connectivity index is 2.29. The van der Waals surface area contributed by atoms with Crippen molar-refractivity contribution in [2.75, 3.05) is 17.4 Å². The summed E-state index contributed by atoms with van der Waals surface area (Å²) in [6.45, 7) is 4.53. The highest BCUT2D eigenvalue weighted by molar-refractivity contribution is 8.02. The Bertz CT molecular complexity index is 572. The van der Waals surface area contributed by atoms with Crippen molar-refractivity contribution in [1.29, 1.82) is 0 Å². The number of thioether (sulfide) groups is 1. The van der Waals surface area contributed by atoms with Crippen LogP contribution in [0.25, 0.3) is 0 Å². The van der Waals surface area contributed by atoms with Gasteiger partial charge in [-0.25, -0.2) is 0 Å². The minimum absolute atomic E-state index is 0.0161. The van der Waals surface area contributed by atoms with Gasteiger partial charge in [0.05, 0.1) is 6.61 Å². The van der Waals surface area contributed by atoms with E-state index in [2.05, 4.69) is 10.4 Å². The number of amides is 1. The second kappa shape index (κ2) is 13.6. The first kappa shape index (κ1) is 22.5. The van der Waals surface area contributed by atoms with Gasteiger partial charge in [0.2, 0.25) is 5.91 Å². The van der Waals surface area contributed by atoms with E-state index in [1.807, 2.05) is 55.4 Å². The minimum atomic E-state index is -0.893. The lowest BCUT2D eigenvalue weighted by atomic mass is 10.2. The number of benzene rings is 1. The molecule has 1 aromatic carbocycles. The molecule has 1 amide bonds. The summed E-state index contributed by atoms with van der Waals surface area (Å²) in [7, 11) is -0.893. The van der Waals surface area contributed by atoms with Crippen LogP contribution in [0.3, 0.4) is 0 Å². The van der Waals surface area contributed by atoms with Crippen LogP contribution in [0.15, 0.2) is 41.6 Å². The Morgan fingerprint density at radius 1 is 1.31 bits per heavy atom. The molecule has 144 valence electrons. The van der Waals surface area contributed by atoms with Crippen molar-refractivity contribution in [2.24, 2.45) is 0 Å². The van der Waals surface area contributed by atoms with Gasteiger partial charge in [-0.2, -0.15) is 0 Å². The number of carbonyl (C=O) groups excluding carboxylic acids is 1. The molecule has 8 heteroatoms. The molecule has 0 aliphatic rings. The van der Waals surface area contributed by atoms with Crippen molar-refractivity contribution in [1.82, 2.24) is 5.32 Å². The highest BCUT2D eigenvalue weighted by atomic mass is 32.2. The van der Waals surface area contributed by atoms with Gasteiger partial charge in [0.25, 0.3) is 0 Å². The molecule has 0 aromatic heterocycles. The lowest BCUT2D eigenvalue weighted by molar-refractivity contribution is -0.137. The third-order valence-electron chi connectivity index (χ3n) is 3.12. The largest absolute Gasteiger partial charge is 0.481 e. The summed E-state index contributed by atoms with van der Waals surface area (Å²) in [5.41, 5.74) is 1.02. The number of nitrogens with one attached hydrogen (secondary N) is 2. The number of hydrogen-bond acceptors (Lipinski definition) is 5. The first-order chi connectivity index (χ1) is 12.5. The number of carbonyl (C=O) groups is 2. The van der Waals surface area contributed by atoms with Crippen LogP contribution >= 0.6 is 20.1 Å². The zero-order valence-electron chi connectivity index (χ0n) is 15.2. The first-order valence-corrected chi connectivity index (χ1v) is 10.9. The van der Waals surface area contributed by atoms with Crippen LogP contribution in [0, 0.1) is 0 Å². The van der Waals surface area contributed by atoms with Crippen LogP contribution in [0.5, 0.6) is 0 Å². The molecule has 0 fully saturated rings. The summed E-state index contributed by atoms with van der Waals surface area (Å²) in [5, 5.41) is 16.8. The molecule has 0 bridgehead atoms. The molecule has 1 rings (SSSR count). The second-order valence-corrected chi connectivity index (χ2v) is 7.93. The summed E-state index contributed by atoms with van der Waals surface area (Å²) in [6.07, 6.45) is 0.632. The molecule has 6 nitrogen and oxygen atoms in total. The maximum atomic E-state index is 11.7. The van der Waals surface area contributed by atoms with E-state index < -0.39 is 14.3 Å². The standard InChI is InChI=1S/C18H27N2O4PS/c1-3-24-25(20-16-8-5-4-6-9-16)12-13-26-14-15(2)19-17(21)10-7-11-18(22)23/h4-6,8-9,12-13,15,20H,3,7,10-11,14H2,1-2H3,(H,19,21)(H,22,23)/b13-12-. The Labute approximate surface area is 160 Å². The predicted molar refractivity (Wildman–Crippen MR) is 109 cm³/mol. The number of hydrogen-bond donors (Lipinski definition) is 3. The predicted octanol–water partition coefficient (Wildman–Crippen LogP) is 4.41. The van der Waals surface area contributed by atoms with E-state index in [-0.39, 0.29) is 24.8 Å². The van der Waals surface area contributed by atoms with Gasteiger partial charge in [-0.1, -0.05) is 18.2 Å². The van der Waals surface area contributed by atoms with Crippen molar-refractivity contribution >= 4 is 37.6 Å². The van der Waals surface area contributed by atoms with E-state index in [4.69, 9.17) is 9.63 Å². The van der Waals surface area contributed by atoms with Gasteiger partial charge in [-0.05, 0) is 43.6 Å². The zero-order chi connectivity index (χ0) is 19.2. The van der Waals surface area contributed by atoms with Crippen LogP contribution in [0.1, 0.15) is 33.1 Å². The van der Waals surface area contributed by atoms with E-state index in [1.165, 1.54) is 0 Å². The van der Waals surface area contributed by atoms with Crippen LogP contribution < -0.4 is 10.4 Å². The smallest absolute Gasteiger partial charge is 0.303 e. The fourth-order valence-electron chi connectivity index (χ4n) is 1.98. The highest BCUT2D eigenvalue weighted by Crippen LogP contribution is 2.39. The second-order valence-electron chi connectivity index (χ2n) is 5.56. The minimum Gasteiger partial charge on any atom is -0.481 e. The van der Waals surface area contributed by atoms with Crippen LogP contribution in [0.4, 0.5) is 5.69 Å². The summed E-state index contributed by atoms with van der Waals surface area (Å²) in [5.74, 6) is 1.77. The van der Waals surface area contributed by atoms with Gasteiger partial charge in [0.1, 0.15) is 0 Å². The SMILES string of the molecule is CCOP(/C=C\SCC(C)NC(=O)CCCC(=O)O)Nc1ccccc1. The molecule has 2 atom stereocenters. The Morgan fingerprint density at radius 3 is 2.69 bits per heavy atom. The summed E-state index contributed by atoms with van der Waals surface area (Å²) in [6, 6.07) is 9.93. The molecule has 0 aliphatic carbocycles. The monoisotopic (exact) mass is 398 g/mol. The van der Waals surface area contributed by atoms with Gasteiger partial charge in [-0.3, -0.25) is 9.59 Å². The van der Waals surface area contributed by atoms with Gasteiger partial charge in [0, 0.05) is 30.3 Å². The van der Waals surface area contributed by atoms with Gasteiger partial charge >= 0.3 is 5.97 Å². The fourth-order valence-corrected chi connectivity index (χ4v) is 4.16. The molecule has 3 N–H and O–H groups in total. The number of carboxylic acid groups (broad SMARTS) is 1. The first-order valence-electron chi connectivity index (χ1n) is 8.54. The number of anilines is 1.